The number of nitrogens with zero attached hydrogens (tertiary/aromatic N) is 1. The molecule has 0 aromatic heterocycles. The Bertz CT molecular complexity index is 429. The zero-order valence-corrected chi connectivity index (χ0v) is 12.4. The average Bonchev–Trinajstić information content (AvgIpc) is 2.36. The molecule has 0 amide bonds. The van der Waals surface area contributed by atoms with Gasteiger partial charge < -0.3 is 10.0 Å². The van der Waals surface area contributed by atoms with Crippen molar-refractivity contribution >= 4 is 5.97 Å². The number of carboxylic acid groups (broad SMARTS) is 1. The molecule has 0 radical (unpaired) electrons. The van der Waals surface area contributed by atoms with Gasteiger partial charge in [0.25, 0.3) is 0 Å². The fourth-order valence-electron chi connectivity index (χ4n) is 2.03. The summed E-state index contributed by atoms with van der Waals surface area (Å²) >= 11 is 0. The number of hydrogen-bond acceptors (Lipinski definition) is 2. The van der Waals surface area contributed by atoms with Crippen molar-refractivity contribution in [3.63, 3.8) is 0 Å². The molecule has 1 aromatic rings. The van der Waals surface area contributed by atoms with Gasteiger partial charge in [0, 0.05) is 6.54 Å². The Labute approximate surface area is 116 Å². The highest BCUT2D eigenvalue weighted by atomic mass is 16.4. The minimum atomic E-state index is -0.706. The molecule has 0 saturated heterocycles. The molecule has 1 N–H and O–H groups in total. The molecule has 106 valence electrons. The van der Waals surface area contributed by atoms with Gasteiger partial charge in [0.05, 0.1) is 5.92 Å². The SMILES string of the molecule is Cc1ccc(C)c(CCN(C)CCC(C)C(=O)O)c1. The van der Waals surface area contributed by atoms with E-state index in [1.54, 1.807) is 6.92 Å². The molecule has 0 aliphatic rings. The third-order valence-corrected chi connectivity index (χ3v) is 3.63. The monoisotopic (exact) mass is 263 g/mol. The summed E-state index contributed by atoms with van der Waals surface area (Å²) in [5.74, 6) is -0.967. The maximum absolute atomic E-state index is 10.8. The number of aryl methyl sites for hydroxylation is 2. The second kappa shape index (κ2) is 7.29. The summed E-state index contributed by atoms with van der Waals surface area (Å²) < 4.78 is 0. The first-order chi connectivity index (χ1) is 8.90. The molecule has 1 atom stereocenters. The highest BCUT2D eigenvalue weighted by Gasteiger charge is 2.11. The molecule has 19 heavy (non-hydrogen) atoms. The molecule has 0 spiro atoms. The first kappa shape index (κ1) is 15.7. The maximum atomic E-state index is 10.8. The van der Waals surface area contributed by atoms with Crippen molar-refractivity contribution in [3.8, 4) is 0 Å². The maximum Gasteiger partial charge on any atom is 0.306 e. The van der Waals surface area contributed by atoms with Gasteiger partial charge in [0.2, 0.25) is 0 Å². The number of benzene rings is 1. The zero-order chi connectivity index (χ0) is 14.4. The minimum absolute atomic E-state index is 0.261. The van der Waals surface area contributed by atoms with Gasteiger partial charge in [0.1, 0.15) is 0 Å². The van der Waals surface area contributed by atoms with E-state index in [4.69, 9.17) is 5.11 Å². The summed E-state index contributed by atoms with van der Waals surface area (Å²) in [5, 5.41) is 8.85. The predicted octanol–water partition coefficient (Wildman–Crippen LogP) is 2.89. The first-order valence-corrected chi connectivity index (χ1v) is 6.87. The molecule has 1 rings (SSSR count). The smallest absolute Gasteiger partial charge is 0.306 e. The lowest BCUT2D eigenvalue weighted by atomic mass is 10.0. The van der Waals surface area contributed by atoms with Crippen LogP contribution in [0.3, 0.4) is 0 Å². The van der Waals surface area contributed by atoms with Crippen LogP contribution in [0.4, 0.5) is 0 Å². The lowest BCUT2D eigenvalue weighted by molar-refractivity contribution is -0.141. The molecule has 1 unspecified atom stereocenters. The summed E-state index contributed by atoms with van der Waals surface area (Å²) in [6, 6.07) is 6.54. The lowest BCUT2D eigenvalue weighted by Crippen LogP contribution is -2.25. The van der Waals surface area contributed by atoms with Gasteiger partial charge in [-0.3, -0.25) is 4.79 Å². The third-order valence-electron chi connectivity index (χ3n) is 3.63. The van der Waals surface area contributed by atoms with Crippen LogP contribution in [0.5, 0.6) is 0 Å². The van der Waals surface area contributed by atoms with Crippen molar-refractivity contribution in [1.29, 1.82) is 0 Å². The van der Waals surface area contributed by atoms with Crippen molar-refractivity contribution in [2.24, 2.45) is 5.92 Å². The van der Waals surface area contributed by atoms with E-state index < -0.39 is 5.97 Å². The van der Waals surface area contributed by atoms with Crippen molar-refractivity contribution in [1.82, 2.24) is 4.90 Å². The number of carbonyl (C=O) groups is 1. The molecular formula is C16H25NO2. The van der Waals surface area contributed by atoms with E-state index in [9.17, 15) is 4.79 Å². The van der Waals surface area contributed by atoms with Crippen LogP contribution in [-0.2, 0) is 11.2 Å². The number of rotatable bonds is 7. The van der Waals surface area contributed by atoms with E-state index in [0.29, 0.717) is 6.42 Å². The minimum Gasteiger partial charge on any atom is -0.481 e. The van der Waals surface area contributed by atoms with Crippen LogP contribution in [0.1, 0.15) is 30.0 Å². The number of likely N-dealkylation sites (N-methyl/N-ethyl adjacent to an activating group) is 1. The Morgan fingerprint density at radius 2 is 2.00 bits per heavy atom. The third kappa shape index (κ3) is 5.43. The molecular weight excluding hydrogens is 238 g/mol. The van der Waals surface area contributed by atoms with Crippen molar-refractivity contribution in [2.45, 2.75) is 33.6 Å². The molecule has 3 nitrogen and oxygen atoms in total. The predicted molar refractivity (Wildman–Crippen MR) is 78.5 cm³/mol. The summed E-state index contributed by atoms with van der Waals surface area (Å²) in [6.07, 6.45) is 1.73. The van der Waals surface area contributed by atoms with Crippen LogP contribution in [0.15, 0.2) is 18.2 Å². The van der Waals surface area contributed by atoms with Crippen LogP contribution in [-0.4, -0.2) is 36.1 Å². The summed E-state index contributed by atoms with van der Waals surface area (Å²) in [5.41, 5.74) is 4.01. The Hall–Kier alpha value is -1.35. The molecule has 0 aliphatic carbocycles. The van der Waals surface area contributed by atoms with Gasteiger partial charge >= 0.3 is 5.97 Å². The van der Waals surface area contributed by atoms with E-state index in [1.165, 1.54) is 16.7 Å². The van der Waals surface area contributed by atoms with Gasteiger partial charge in [0.15, 0.2) is 0 Å². The fraction of sp³-hybridized carbons (Fsp3) is 0.562. The molecule has 0 bridgehead atoms. The second-order valence-electron chi connectivity index (χ2n) is 5.51. The molecule has 0 fully saturated rings. The number of carboxylic acids is 1. The Kier molecular flexibility index (Phi) is 6.03. The van der Waals surface area contributed by atoms with Crippen LogP contribution >= 0.6 is 0 Å². The standard InChI is InChI=1S/C16H25NO2/c1-12-5-6-13(2)15(11-12)8-10-17(4)9-7-14(3)16(18)19/h5-6,11,14H,7-10H2,1-4H3,(H,18,19). The van der Waals surface area contributed by atoms with Crippen LogP contribution in [0.25, 0.3) is 0 Å². The molecule has 0 saturated carbocycles. The topological polar surface area (TPSA) is 40.5 Å². The van der Waals surface area contributed by atoms with Gasteiger partial charge in [-0.25, -0.2) is 0 Å². The number of aliphatic carboxylic acids is 1. The quantitative estimate of drug-likeness (QED) is 0.822. The van der Waals surface area contributed by atoms with Gasteiger partial charge in [-0.1, -0.05) is 30.7 Å². The number of hydrogen-bond donors (Lipinski definition) is 1. The highest BCUT2D eigenvalue weighted by molar-refractivity contribution is 5.69. The second-order valence-corrected chi connectivity index (χ2v) is 5.51. The van der Waals surface area contributed by atoms with E-state index in [0.717, 1.165) is 19.5 Å². The van der Waals surface area contributed by atoms with E-state index in [1.807, 2.05) is 0 Å². The Morgan fingerprint density at radius 3 is 2.63 bits per heavy atom. The lowest BCUT2D eigenvalue weighted by Gasteiger charge is -2.18. The summed E-state index contributed by atoms with van der Waals surface area (Å²) in [7, 11) is 2.06. The zero-order valence-electron chi connectivity index (χ0n) is 12.4. The summed E-state index contributed by atoms with van der Waals surface area (Å²) in [4.78, 5) is 13.0. The van der Waals surface area contributed by atoms with E-state index in [-0.39, 0.29) is 5.92 Å². The van der Waals surface area contributed by atoms with Gasteiger partial charge in [-0.2, -0.15) is 0 Å². The van der Waals surface area contributed by atoms with E-state index >= 15 is 0 Å². The van der Waals surface area contributed by atoms with Crippen molar-refractivity contribution in [3.05, 3.63) is 34.9 Å². The van der Waals surface area contributed by atoms with Crippen LogP contribution in [0, 0.1) is 19.8 Å². The van der Waals surface area contributed by atoms with Crippen LogP contribution in [0.2, 0.25) is 0 Å². The van der Waals surface area contributed by atoms with Gasteiger partial charge in [-0.05, 0) is 51.4 Å². The van der Waals surface area contributed by atoms with Crippen molar-refractivity contribution < 1.29 is 9.90 Å². The highest BCUT2D eigenvalue weighted by Crippen LogP contribution is 2.12. The Balaban J connectivity index is 2.39. The fourth-order valence-corrected chi connectivity index (χ4v) is 2.03. The molecule has 1 aromatic carbocycles. The molecule has 0 heterocycles. The average molecular weight is 263 g/mol. The molecule has 0 aliphatic heterocycles. The largest absolute Gasteiger partial charge is 0.481 e. The van der Waals surface area contributed by atoms with E-state index in [2.05, 4.69) is 44.0 Å². The molecule has 3 heteroatoms. The summed E-state index contributed by atoms with van der Waals surface area (Å²) in [6.45, 7) is 7.82. The van der Waals surface area contributed by atoms with Gasteiger partial charge in [-0.15, -0.1) is 0 Å². The normalized spacial score (nSPS) is 12.7. The van der Waals surface area contributed by atoms with Crippen molar-refractivity contribution in [2.75, 3.05) is 20.1 Å². The van der Waals surface area contributed by atoms with Crippen LogP contribution < -0.4 is 0 Å². The first-order valence-electron chi connectivity index (χ1n) is 6.87. The Morgan fingerprint density at radius 1 is 1.32 bits per heavy atom.